The van der Waals surface area contributed by atoms with Crippen molar-refractivity contribution in [1.29, 1.82) is 0 Å². The topological polar surface area (TPSA) is 64.7 Å². The van der Waals surface area contributed by atoms with Crippen LogP contribution < -0.4 is 15.2 Å². The van der Waals surface area contributed by atoms with Gasteiger partial charge in [-0.15, -0.1) is 0 Å². The number of rotatable bonds is 4. The van der Waals surface area contributed by atoms with E-state index in [1.54, 1.807) is 20.3 Å². The molecule has 1 atom stereocenters. The Bertz CT molecular complexity index is 339. The van der Waals surface area contributed by atoms with Crippen molar-refractivity contribution >= 4 is 0 Å². The van der Waals surface area contributed by atoms with E-state index in [9.17, 15) is 0 Å². The summed E-state index contributed by atoms with van der Waals surface area (Å²) in [5, 5.41) is 9.01. The molecule has 1 aromatic carbocycles. The number of benzene rings is 1. The molecule has 1 aromatic rings. The molecule has 0 spiro atoms. The Morgan fingerprint density at radius 3 is 2.27 bits per heavy atom. The fourth-order valence-corrected chi connectivity index (χ4v) is 1.49. The van der Waals surface area contributed by atoms with Gasteiger partial charge in [-0.25, -0.2) is 0 Å². The summed E-state index contributed by atoms with van der Waals surface area (Å²) in [5.41, 5.74) is 7.62. The lowest BCUT2D eigenvalue weighted by atomic mass is 10.0. The highest BCUT2D eigenvalue weighted by Gasteiger charge is 2.13. The van der Waals surface area contributed by atoms with Gasteiger partial charge < -0.3 is 20.3 Å². The van der Waals surface area contributed by atoms with E-state index in [1.165, 1.54) is 0 Å². The van der Waals surface area contributed by atoms with Gasteiger partial charge in [-0.2, -0.15) is 0 Å². The largest absolute Gasteiger partial charge is 0.493 e. The summed E-state index contributed by atoms with van der Waals surface area (Å²) in [7, 11) is 3.16. The molecule has 1 rings (SSSR count). The minimum absolute atomic E-state index is 0.0870. The lowest BCUT2D eigenvalue weighted by molar-refractivity contribution is 0.267. The maximum atomic E-state index is 9.01. The van der Waals surface area contributed by atoms with Gasteiger partial charge in [0.2, 0.25) is 0 Å². The molecule has 0 saturated heterocycles. The first-order valence-electron chi connectivity index (χ1n) is 4.73. The summed E-state index contributed by atoms with van der Waals surface area (Å²) < 4.78 is 10.3. The highest BCUT2D eigenvalue weighted by molar-refractivity contribution is 5.48. The predicted molar refractivity (Wildman–Crippen MR) is 58.3 cm³/mol. The van der Waals surface area contributed by atoms with Crippen molar-refractivity contribution in [2.75, 3.05) is 20.8 Å². The minimum Gasteiger partial charge on any atom is -0.493 e. The number of hydrogen-bond donors (Lipinski definition) is 2. The maximum Gasteiger partial charge on any atom is 0.161 e. The molecule has 4 nitrogen and oxygen atoms in total. The third-order valence-corrected chi connectivity index (χ3v) is 2.37. The molecule has 0 aromatic heterocycles. The molecule has 0 aliphatic rings. The van der Waals surface area contributed by atoms with Crippen molar-refractivity contribution < 1.29 is 14.6 Å². The van der Waals surface area contributed by atoms with Crippen molar-refractivity contribution in [2.45, 2.75) is 13.0 Å². The van der Waals surface area contributed by atoms with Gasteiger partial charge in [-0.3, -0.25) is 0 Å². The Labute approximate surface area is 89.6 Å². The zero-order valence-electron chi connectivity index (χ0n) is 9.28. The minimum atomic E-state index is -0.384. The van der Waals surface area contributed by atoms with E-state index in [4.69, 9.17) is 20.3 Å². The van der Waals surface area contributed by atoms with Crippen molar-refractivity contribution in [1.82, 2.24) is 0 Å². The molecule has 0 heterocycles. The van der Waals surface area contributed by atoms with Crippen molar-refractivity contribution in [3.8, 4) is 11.5 Å². The Morgan fingerprint density at radius 2 is 1.80 bits per heavy atom. The second kappa shape index (κ2) is 5.00. The number of aliphatic hydroxyl groups is 1. The van der Waals surface area contributed by atoms with Crippen LogP contribution in [0.15, 0.2) is 12.1 Å². The number of nitrogens with two attached hydrogens (primary N) is 1. The summed E-state index contributed by atoms with van der Waals surface area (Å²) in [6.07, 6.45) is 0. The van der Waals surface area contributed by atoms with Crippen LogP contribution in [0.3, 0.4) is 0 Å². The maximum absolute atomic E-state index is 9.01. The third-order valence-electron chi connectivity index (χ3n) is 2.37. The molecule has 0 unspecified atom stereocenters. The van der Waals surface area contributed by atoms with Crippen molar-refractivity contribution in [2.24, 2.45) is 5.73 Å². The van der Waals surface area contributed by atoms with Gasteiger partial charge in [0, 0.05) is 0 Å². The monoisotopic (exact) mass is 211 g/mol. The Morgan fingerprint density at radius 1 is 1.27 bits per heavy atom. The first-order valence-corrected chi connectivity index (χ1v) is 4.73. The molecular weight excluding hydrogens is 194 g/mol. The molecule has 0 aliphatic carbocycles. The second-order valence-corrected chi connectivity index (χ2v) is 3.35. The third kappa shape index (κ3) is 2.40. The summed E-state index contributed by atoms with van der Waals surface area (Å²) >= 11 is 0. The zero-order valence-corrected chi connectivity index (χ0v) is 9.28. The van der Waals surface area contributed by atoms with Crippen LogP contribution in [-0.4, -0.2) is 25.9 Å². The highest BCUT2D eigenvalue weighted by atomic mass is 16.5. The zero-order chi connectivity index (χ0) is 11.4. The Balaban J connectivity index is 3.19. The van der Waals surface area contributed by atoms with Gasteiger partial charge in [0.25, 0.3) is 0 Å². The first-order chi connectivity index (χ1) is 7.13. The number of hydrogen-bond acceptors (Lipinski definition) is 4. The van der Waals surface area contributed by atoms with E-state index in [1.807, 2.05) is 13.0 Å². The highest BCUT2D eigenvalue weighted by Crippen LogP contribution is 2.32. The molecule has 0 bridgehead atoms. The lowest BCUT2D eigenvalue weighted by Crippen LogP contribution is -2.16. The van der Waals surface area contributed by atoms with Gasteiger partial charge in [0.15, 0.2) is 11.5 Å². The van der Waals surface area contributed by atoms with Crippen molar-refractivity contribution in [3.63, 3.8) is 0 Å². The standard InChI is InChI=1S/C11H17NO3/c1-7-4-10(14-2)11(15-3)5-8(7)9(12)6-13/h4-5,9,13H,6,12H2,1-3H3/t9-/m1/s1. The van der Waals surface area contributed by atoms with Crippen LogP contribution >= 0.6 is 0 Å². The number of aryl methyl sites for hydroxylation is 1. The quantitative estimate of drug-likeness (QED) is 0.780. The summed E-state index contributed by atoms with van der Waals surface area (Å²) in [6.45, 7) is 1.84. The molecule has 0 radical (unpaired) electrons. The van der Waals surface area contributed by atoms with Crippen LogP contribution in [0.1, 0.15) is 17.2 Å². The molecule has 0 saturated carbocycles. The van der Waals surface area contributed by atoms with Crippen LogP contribution in [-0.2, 0) is 0 Å². The molecule has 15 heavy (non-hydrogen) atoms. The van der Waals surface area contributed by atoms with Crippen molar-refractivity contribution in [3.05, 3.63) is 23.3 Å². The van der Waals surface area contributed by atoms with E-state index in [0.717, 1.165) is 11.1 Å². The van der Waals surface area contributed by atoms with Gasteiger partial charge in [-0.1, -0.05) is 0 Å². The Hall–Kier alpha value is -1.26. The van der Waals surface area contributed by atoms with Gasteiger partial charge in [0.05, 0.1) is 26.9 Å². The second-order valence-electron chi connectivity index (χ2n) is 3.35. The fourth-order valence-electron chi connectivity index (χ4n) is 1.49. The summed E-state index contributed by atoms with van der Waals surface area (Å²) in [4.78, 5) is 0. The predicted octanol–water partition coefficient (Wildman–Crippen LogP) is 1.00. The molecule has 4 heteroatoms. The van der Waals surface area contributed by atoms with Gasteiger partial charge in [-0.05, 0) is 30.2 Å². The molecule has 0 fully saturated rings. The Kier molecular flexibility index (Phi) is 3.94. The average molecular weight is 211 g/mol. The lowest BCUT2D eigenvalue weighted by Gasteiger charge is -2.16. The number of ether oxygens (including phenoxy) is 2. The fraction of sp³-hybridized carbons (Fsp3) is 0.455. The van der Waals surface area contributed by atoms with Crippen LogP contribution in [0.5, 0.6) is 11.5 Å². The molecule has 0 amide bonds. The smallest absolute Gasteiger partial charge is 0.161 e. The van der Waals surface area contributed by atoms with Gasteiger partial charge >= 0.3 is 0 Å². The van der Waals surface area contributed by atoms with E-state index in [-0.39, 0.29) is 12.6 Å². The van der Waals surface area contributed by atoms with E-state index in [0.29, 0.717) is 11.5 Å². The summed E-state index contributed by atoms with van der Waals surface area (Å²) in [6, 6.07) is 3.27. The SMILES string of the molecule is COc1cc(C)c([C@H](N)CO)cc1OC. The molecule has 0 aliphatic heterocycles. The van der Waals surface area contributed by atoms with Gasteiger partial charge in [0.1, 0.15) is 0 Å². The molecular formula is C11H17NO3. The van der Waals surface area contributed by atoms with E-state index >= 15 is 0 Å². The van der Waals surface area contributed by atoms with Crippen LogP contribution in [0.25, 0.3) is 0 Å². The van der Waals surface area contributed by atoms with E-state index in [2.05, 4.69) is 0 Å². The summed E-state index contributed by atoms with van der Waals surface area (Å²) in [5.74, 6) is 1.30. The average Bonchev–Trinajstić information content (AvgIpc) is 2.27. The van der Waals surface area contributed by atoms with E-state index < -0.39 is 0 Å². The number of aliphatic hydroxyl groups excluding tert-OH is 1. The number of methoxy groups -OCH3 is 2. The van der Waals surface area contributed by atoms with Crippen LogP contribution in [0.4, 0.5) is 0 Å². The van der Waals surface area contributed by atoms with Crippen LogP contribution in [0.2, 0.25) is 0 Å². The molecule has 84 valence electrons. The normalized spacial score (nSPS) is 12.3. The molecule has 3 N–H and O–H groups in total. The van der Waals surface area contributed by atoms with Crippen LogP contribution in [0, 0.1) is 6.92 Å². The first kappa shape index (κ1) is 11.8.